The van der Waals surface area contributed by atoms with Crippen molar-refractivity contribution in [2.45, 2.75) is 40.2 Å². The fraction of sp³-hybridized carbons (Fsp3) is 0.250. The summed E-state index contributed by atoms with van der Waals surface area (Å²) in [5.41, 5.74) is 3.01. The first-order chi connectivity index (χ1) is 15.3. The Morgan fingerprint density at radius 1 is 1.09 bits per heavy atom. The van der Waals surface area contributed by atoms with Gasteiger partial charge in [-0.1, -0.05) is 31.1 Å². The van der Waals surface area contributed by atoms with Gasteiger partial charge in [-0.2, -0.15) is 5.10 Å². The van der Waals surface area contributed by atoms with Crippen molar-refractivity contribution in [3.8, 4) is 22.6 Å². The van der Waals surface area contributed by atoms with E-state index in [0.29, 0.717) is 28.4 Å². The molecule has 0 saturated heterocycles. The number of anilines is 1. The number of carbonyl (C=O) groups is 1. The second-order valence-electron chi connectivity index (χ2n) is 7.97. The molecule has 8 heteroatoms. The summed E-state index contributed by atoms with van der Waals surface area (Å²) in [6, 6.07) is 14.3. The molecule has 4 aromatic rings. The largest absolute Gasteiger partial charge is 0.461 e. The Hall–Kier alpha value is -3.94. The standard InChI is InChI=1S/C24H24N4O4/c1-14(2)24-19(21-10-15(3)27-32-21)12-23(30)28(26-24)13-22(29)25-18-7-5-6-17(11-18)20-9-8-16(4)31-20/h5-12,14H,13H2,1-4H3,(H,25,29). The molecule has 8 nitrogen and oxygen atoms in total. The summed E-state index contributed by atoms with van der Waals surface area (Å²) >= 11 is 0. The highest BCUT2D eigenvalue weighted by Gasteiger charge is 2.18. The van der Waals surface area contributed by atoms with Crippen LogP contribution in [0.1, 0.15) is 36.9 Å². The molecule has 0 atom stereocenters. The fourth-order valence-electron chi connectivity index (χ4n) is 3.41. The van der Waals surface area contributed by atoms with E-state index in [-0.39, 0.29) is 18.4 Å². The zero-order valence-electron chi connectivity index (χ0n) is 18.4. The first-order valence-electron chi connectivity index (χ1n) is 10.3. The molecule has 1 aromatic carbocycles. The Bertz CT molecular complexity index is 1330. The van der Waals surface area contributed by atoms with Crippen LogP contribution in [0.25, 0.3) is 22.6 Å². The maximum absolute atomic E-state index is 12.7. The molecule has 3 aromatic heterocycles. The lowest BCUT2D eigenvalue weighted by atomic mass is 10.0. The van der Waals surface area contributed by atoms with E-state index in [0.717, 1.165) is 21.8 Å². The number of rotatable bonds is 6. The normalized spacial score (nSPS) is 11.2. The molecule has 3 heterocycles. The number of carbonyl (C=O) groups excluding carboxylic acids is 1. The van der Waals surface area contributed by atoms with Gasteiger partial charge in [0.05, 0.1) is 11.4 Å². The number of amides is 1. The van der Waals surface area contributed by atoms with Crippen molar-refractivity contribution in [3.05, 3.63) is 76.0 Å². The zero-order chi connectivity index (χ0) is 22.8. The molecule has 0 spiro atoms. The van der Waals surface area contributed by atoms with Crippen LogP contribution in [-0.4, -0.2) is 20.8 Å². The van der Waals surface area contributed by atoms with E-state index in [1.54, 1.807) is 12.1 Å². The second kappa shape index (κ2) is 8.66. The van der Waals surface area contributed by atoms with Crippen LogP contribution in [0.2, 0.25) is 0 Å². The van der Waals surface area contributed by atoms with Crippen LogP contribution in [0.3, 0.4) is 0 Å². The lowest BCUT2D eigenvalue weighted by molar-refractivity contribution is -0.117. The lowest BCUT2D eigenvalue weighted by Crippen LogP contribution is -2.30. The zero-order valence-corrected chi connectivity index (χ0v) is 18.4. The maximum atomic E-state index is 12.7. The number of hydrogen-bond donors (Lipinski definition) is 1. The van der Waals surface area contributed by atoms with Crippen molar-refractivity contribution < 1.29 is 13.7 Å². The molecule has 164 valence electrons. The van der Waals surface area contributed by atoms with E-state index in [1.807, 2.05) is 58.0 Å². The van der Waals surface area contributed by atoms with Crippen LogP contribution in [0, 0.1) is 13.8 Å². The topological polar surface area (TPSA) is 103 Å². The Labute approximate surface area is 184 Å². The van der Waals surface area contributed by atoms with Gasteiger partial charge in [-0.3, -0.25) is 9.59 Å². The summed E-state index contributed by atoms with van der Waals surface area (Å²) in [7, 11) is 0. The molecule has 0 unspecified atom stereocenters. The number of hydrogen-bond acceptors (Lipinski definition) is 6. The van der Waals surface area contributed by atoms with E-state index in [2.05, 4.69) is 15.6 Å². The number of nitrogens with zero attached hydrogens (tertiary/aromatic N) is 3. The summed E-state index contributed by atoms with van der Waals surface area (Å²) in [6.45, 7) is 7.40. The minimum absolute atomic E-state index is 0.0127. The van der Waals surface area contributed by atoms with Crippen LogP contribution in [0.15, 0.2) is 62.3 Å². The van der Waals surface area contributed by atoms with Crippen LogP contribution in [-0.2, 0) is 11.3 Å². The third-order valence-corrected chi connectivity index (χ3v) is 4.93. The van der Waals surface area contributed by atoms with Gasteiger partial charge in [-0.05, 0) is 44.0 Å². The number of aryl methyl sites for hydroxylation is 2. The molecular weight excluding hydrogens is 408 g/mol. The molecule has 0 aliphatic rings. The Morgan fingerprint density at radius 3 is 2.56 bits per heavy atom. The fourth-order valence-corrected chi connectivity index (χ4v) is 3.41. The van der Waals surface area contributed by atoms with Crippen molar-refractivity contribution in [1.82, 2.24) is 14.9 Å². The SMILES string of the molecule is Cc1cc(-c2cc(=O)n(CC(=O)Nc3cccc(-c4ccc(C)o4)c3)nc2C(C)C)on1. The van der Waals surface area contributed by atoms with Crippen molar-refractivity contribution in [2.75, 3.05) is 5.32 Å². The van der Waals surface area contributed by atoms with Crippen LogP contribution < -0.4 is 10.9 Å². The summed E-state index contributed by atoms with van der Waals surface area (Å²) in [6.07, 6.45) is 0. The smallest absolute Gasteiger partial charge is 0.267 e. The van der Waals surface area contributed by atoms with Gasteiger partial charge in [0.25, 0.3) is 5.56 Å². The van der Waals surface area contributed by atoms with Crippen LogP contribution >= 0.6 is 0 Å². The predicted molar refractivity (Wildman–Crippen MR) is 120 cm³/mol. The van der Waals surface area contributed by atoms with E-state index in [9.17, 15) is 9.59 Å². The van der Waals surface area contributed by atoms with Crippen LogP contribution in [0.4, 0.5) is 5.69 Å². The third-order valence-electron chi connectivity index (χ3n) is 4.93. The van der Waals surface area contributed by atoms with E-state index in [4.69, 9.17) is 8.94 Å². The van der Waals surface area contributed by atoms with Crippen molar-refractivity contribution in [2.24, 2.45) is 0 Å². The minimum Gasteiger partial charge on any atom is -0.461 e. The van der Waals surface area contributed by atoms with Crippen molar-refractivity contribution in [1.29, 1.82) is 0 Å². The van der Waals surface area contributed by atoms with E-state index >= 15 is 0 Å². The maximum Gasteiger partial charge on any atom is 0.267 e. The molecule has 0 aliphatic carbocycles. The monoisotopic (exact) mass is 432 g/mol. The average Bonchev–Trinajstić information content (AvgIpc) is 3.37. The number of benzene rings is 1. The van der Waals surface area contributed by atoms with Crippen molar-refractivity contribution in [3.63, 3.8) is 0 Å². The minimum atomic E-state index is -0.395. The lowest BCUT2D eigenvalue weighted by Gasteiger charge is -2.13. The molecule has 0 radical (unpaired) electrons. The second-order valence-corrected chi connectivity index (χ2v) is 7.97. The predicted octanol–water partition coefficient (Wildman–Crippen LogP) is 4.54. The molecule has 0 bridgehead atoms. The molecule has 0 aliphatic heterocycles. The van der Waals surface area contributed by atoms with Gasteiger partial charge < -0.3 is 14.3 Å². The van der Waals surface area contributed by atoms with Gasteiger partial charge in [-0.15, -0.1) is 0 Å². The molecule has 1 amide bonds. The van der Waals surface area contributed by atoms with Gasteiger partial charge in [0.2, 0.25) is 5.91 Å². The Balaban J connectivity index is 1.56. The van der Waals surface area contributed by atoms with Gasteiger partial charge in [0.1, 0.15) is 18.1 Å². The van der Waals surface area contributed by atoms with E-state index in [1.165, 1.54) is 6.07 Å². The summed E-state index contributed by atoms with van der Waals surface area (Å²) in [4.78, 5) is 25.3. The molecular formula is C24H24N4O4. The number of furan rings is 1. The number of nitrogens with one attached hydrogen (secondary N) is 1. The Kier molecular flexibility index (Phi) is 5.77. The van der Waals surface area contributed by atoms with E-state index < -0.39 is 5.56 Å². The summed E-state index contributed by atoms with van der Waals surface area (Å²) in [5, 5.41) is 11.2. The van der Waals surface area contributed by atoms with Gasteiger partial charge >= 0.3 is 0 Å². The van der Waals surface area contributed by atoms with Gasteiger partial charge in [-0.25, -0.2) is 4.68 Å². The molecule has 0 saturated carbocycles. The highest BCUT2D eigenvalue weighted by Crippen LogP contribution is 2.27. The summed E-state index contributed by atoms with van der Waals surface area (Å²) in [5.74, 6) is 1.67. The molecule has 4 rings (SSSR count). The van der Waals surface area contributed by atoms with Crippen LogP contribution in [0.5, 0.6) is 0 Å². The van der Waals surface area contributed by atoms with Gasteiger partial charge in [0.15, 0.2) is 5.76 Å². The van der Waals surface area contributed by atoms with Gasteiger partial charge in [0, 0.05) is 28.9 Å². The highest BCUT2D eigenvalue weighted by atomic mass is 16.5. The Morgan fingerprint density at radius 2 is 1.91 bits per heavy atom. The third kappa shape index (κ3) is 4.54. The molecule has 32 heavy (non-hydrogen) atoms. The summed E-state index contributed by atoms with van der Waals surface area (Å²) < 4.78 is 12.1. The van der Waals surface area contributed by atoms with Crippen molar-refractivity contribution >= 4 is 11.6 Å². The molecule has 0 fully saturated rings. The first kappa shape index (κ1) is 21.3. The average molecular weight is 432 g/mol. The quantitative estimate of drug-likeness (QED) is 0.480. The highest BCUT2D eigenvalue weighted by molar-refractivity contribution is 5.91. The molecule has 1 N–H and O–H groups in total. The number of aromatic nitrogens is 3. The first-order valence-corrected chi connectivity index (χ1v) is 10.3.